The fourth-order valence-electron chi connectivity index (χ4n) is 2.45. The van der Waals surface area contributed by atoms with Gasteiger partial charge in [-0.25, -0.2) is 4.39 Å². The zero-order valence-corrected chi connectivity index (χ0v) is 11.8. The molecule has 2 aromatic carbocycles. The van der Waals surface area contributed by atoms with Crippen LogP contribution in [0, 0.1) is 5.82 Å². The number of hydrogen-bond donors (Lipinski definition) is 0. The minimum atomic E-state index is -0.347. The highest BCUT2D eigenvalue weighted by atomic mass is 19.1. The second-order valence-corrected chi connectivity index (χ2v) is 5.04. The van der Waals surface area contributed by atoms with Crippen LogP contribution in [-0.2, 0) is 0 Å². The Bertz CT molecular complexity index is 654. The normalized spacial score (nSPS) is 17.0. The third kappa shape index (κ3) is 2.61. The SMILES string of the molecule is CCC1CN(C(=O)c2ccc(F)cc2)c2ccccc2O1. The fraction of sp³-hybridized carbons (Fsp3) is 0.235. The van der Waals surface area contributed by atoms with Crippen LogP contribution in [0.4, 0.5) is 10.1 Å². The van der Waals surface area contributed by atoms with E-state index in [1.165, 1.54) is 24.3 Å². The van der Waals surface area contributed by atoms with Gasteiger partial charge in [0.15, 0.2) is 0 Å². The fourth-order valence-corrected chi connectivity index (χ4v) is 2.45. The van der Waals surface area contributed by atoms with Crippen LogP contribution in [0.1, 0.15) is 23.7 Å². The number of nitrogens with zero attached hydrogens (tertiary/aromatic N) is 1. The molecule has 108 valence electrons. The number of carbonyl (C=O) groups is 1. The first-order valence-corrected chi connectivity index (χ1v) is 7.02. The van der Waals surface area contributed by atoms with E-state index in [1.54, 1.807) is 4.90 Å². The Morgan fingerprint density at radius 3 is 2.67 bits per heavy atom. The molecule has 1 aliphatic rings. The van der Waals surface area contributed by atoms with Gasteiger partial charge in [0.05, 0.1) is 12.2 Å². The third-order valence-corrected chi connectivity index (χ3v) is 3.63. The maximum Gasteiger partial charge on any atom is 0.258 e. The Morgan fingerprint density at radius 1 is 1.24 bits per heavy atom. The van der Waals surface area contributed by atoms with Crippen LogP contribution in [0.2, 0.25) is 0 Å². The summed E-state index contributed by atoms with van der Waals surface area (Å²) in [4.78, 5) is 14.4. The molecule has 0 saturated heterocycles. The van der Waals surface area contributed by atoms with Gasteiger partial charge in [-0.05, 0) is 42.8 Å². The average molecular weight is 285 g/mol. The predicted octanol–water partition coefficient (Wildman–Crippen LogP) is 3.64. The van der Waals surface area contributed by atoms with Gasteiger partial charge in [0.25, 0.3) is 5.91 Å². The Morgan fingerprint density at radius 2 is 1.95 bits per heavy atom. The highest BCUT2D eigenvalue weighted by Crippen LogP contribution is 2.34. The quantitative estimate of drug-likeness (QED) is 0.843. The summed E-state index contributed by atoms with van der Waals surface area (Å²) in [6.07, 6.45) is 0.797. The van der Waals surface area contributed by atoms with Crippen molar-refractivity contribution in [3.05, 3.63) is 59.9 Å². The lowest BCUT2D eigenvalue weighted by molar-refractivity contribution is 0.0954. The molecular weight excluding hydrogens is 269 g/mol. The molecule has 3 rings (SSSR count). The first kappa shape index (κ1) is 13.6. The van der Waals surface area contributed by atoms with E-state index in [4.69, 9.17) is 4.74 Å². The summed E-state index contributed by atoms with van der Waals surface area (Å²) in [6.45, 7) is 2.53. The molecule has 0 spiro atoms. The number of para-hydroxylation sites is 2. The van der Waals surface area contributed by atoms with Crippen molar-refractivity contribution in [2.24, 2.45) is 0 Å². The van der Waals surface area contributed by atoms with E-state index in [0.717, 1.165) is 12.1 Å². The maximum absolute atomic E-state index is 13.0. The van der Waals surface area contributed by atoms with Gasteiger partial charge in [-0.1, -0.05) is 19.1 Å². The highest BCUT2D eigenvalue weighted by Gasteiger charge is 2.29. The van der Waals surface area contributed by atoms with Gasteiger partial charge in [0.1, 0.15) is 17.7 Å². The van der Waals surface area contributed by atoms with Crippen LogP contribution in [-0.4, -0.2) is 18.6 Å². The first-order chi connectivity index (χ1) is 10.2. The van der Waals surface area contributed by atoms with Crippen molar-refractivity contribution >= 4 is 11.6 Å². The van der Waals surface area contributed by atoms with E-state index in [-0.39, 0.29) is 17.8 Å². The molecule has 0 aromatic heterocycles. The van der Waals surface area contributed by atoms with E-state index >= 15 is 0 Å². The van der Waals surface area contributed by atoms with Crippen LogP contribution in [0.15, 0.2) is 48.5 Å². The molecule has 0 bridgehead atoms. The average Bonchev–Trinajstić information content (AvgIpc) is 2.53. The molecule has 1 aliphatic heterocycles. The van der Waals surface area contributed by atoms with Gasteiger partial charge in [-0.3, -0.25) is 4.79 Å². The third-order valence-electron chi connectivity index (χ3n) is 3.63. The van der Waals surface area contributed by atoms with Crippen LogP contribution in [0.25, 0.3) is 0 Å². The molecule has 1 atom stereocenters. The van der Waals surface area contributed by atoms with Crippen LogP contribution < -0.4 is 9.64 Å². The minimum absolute atomic E-state index is 0.0238. The summed E-state index contributed by atoms with van der Waals surface area (Å²) >= 11 is 0. The van der Waals surface area contributed by atoms with E-state index in [9.17, 15) is 9.18 Å². The van der Waals surface area contributed by atoms with Gasteiger partial charge in [-0.15, -0.1) is 0 Å². The molecule has 3 nitrogen and oxygen atoms in total. The maximum atomic E-state index is 13.0. The molecule has 4 heteroatoms. The number of carbonyl (C=O) groups excluding carboxylic acids is 1. The standard InChI is InChI=1S/C17H16FNO2/c1-2-14-11-19(15-5-3-4-6-16(15)21-14)17(20)12-7-9-13(18)10-8-12/h3-10,14H,2,11H2,1H3. The number of rotatable bonds is 2. The molecule has 0 aliphatic carbocycles. The molecule has 0 fully saturated rings. The minimum Gasteiger partial charge on any atom is -0.486 e. The van der Waals surface area contributed by atoms with E-state index < -0.39 is 0 Å². The number of fused-ring (bicyclic) bond motifs is 1. The molecule has 1 unspecified atom stereocenters. The molecule has 1 amide bonds. The topological polar surface area (TPSA) is 29.5 Å². The molecule has 0 radical (unpaired) electrons. The second kappa shape index (κ2) is 5.56. The molecular formula is C17H16FNO2. The van der Waals surface area contributed by atoms with E-state index in [2.05, 4.69) is 0 Å². The molecule has 0 saturated carbocycles. The van der Waals surface area contributed by atoms with Gasteiger partial charge in [0, 0.05) is 5.56 Å². The van der Waals surface area contributed by atoms with Crippen molar-refractivity contribution in [2.75, 3.05) is 11.4 Å². The van der Waals surface area contributed by atoms with E-state index in [0.29, 0.717) is 17.9 Å². The lowest BCUT2D eigenvalue weighted by Gasteiger charge is -2.34. The molecule has 2 aromatic rings. The number of amides is 1. The van der Waals surface area contributed by atoms with Crippen LogP contribution in [0.5, 0.6) is 5.75 Å². The summed E-state index contributed by atoms with van der Waals surface area (Å²) < 4.78 is 18.9. The van der Waals surface area contributed by atoms with Gasteiger partial charge < -0.3 is 9.64 Å². The van der Waals surface area contributed by atoms with E-state index in [1.807, 2.05) is 31.2 Å². The Hall–Kier alpha value is -2.36. The Balaban J connectivity index is 1.97. The largest absolute Gasteiger partial charge is 0.486 e. The van der Waals surface area contributed by atoms with Crippen LogP contribution in [0.3, 0.4) is 0 Å². The predicted molar refractivity (Wildman–Crippen MR) is 79.2 cm³/mol. The highest BCUT2D eigenvalue weighted by molar-refractivity contribution is 6.07. The summed E-state index contributed by atoms with van der Waals surface area (Å²) in [5.74, 6) is 0.232. The lowest BCUT2D eigenvalue weighted by atomic mass is 10.1. The van der Waals surface area contributed by atoms with Gasteiger partial charge in [-0.2, -0.15) is 0 Å². The van der Waals surface area contributed by atoms with Crippen molar-refractivity contribution in [1.29, 1.82) is 0 Å². The smallest absolute Gasteiger partial charge is 0.258 e. The lowest BCUT2D eigenvalue weighted by Crippen LogP contribution is -2.43. The number of anilines is 1. The summed E-state index contributed by atoms with van der Waals surface area (Å²) in [6, 6.07) is 13.1. The molecule has 0 N–H and O–H groups in total. The van der Waals surface area contributed by atoms with Crippen molar-refractivity contribution in [2.45, 2.75) is 19.4 Å². The van der Waals surface area contributed by atoms with Crippen molar-refractivity contribution < 1.29 is 13.9 Å². The van der Waals surface area contributed by atoms with Gasteiger partial charge in [0.2, 0.25) is 0 Å². The zero-order chi connectivity index (χ0) is 14.8. The number of hydrogen-bond acceptors (Lipinski definition) is 2. The summed E-state index contributed by atoms with van der Waals surface area (Å²) in [5, 5.41) is 0. The summed E-state index contributed by atoms with van der Waals surface area (Å²) in [5.41, 5.74) is 1.24. The van der Waals surface area contributed by atoms with Crippen LogP contribution >= 0.6 is 0 Å². The van der Waals surface area contributed by atoms with Crippen molar-refractivity contribution in [3.63, 3.8) is 0 Å². The molecule has 1 heterocycles. The second-order valence-electron chi connectivity index (χ2n) is 5.04. The number of benzene rings is 2. The number of ether oxygens (including phenoxy) is 1. The van der Waals surface area contributed by atoms with Crippen molar-refractivity contribution in [1.82, 2.24) is 0 Å². The van der Waals surface area contributed by atoms with Crippen molar-refractivity contribution in [3.8, 4) is 5.75 Å². The monoisotopic (exact) mass is 285 g/mol. The first-order valence-electron chi connectivity index (χ1n) is 7.02. The van der Waals surface area contributed by atoms with Gasteiger partial charge >= 0.3 is 0 Å². The number of halogens is 1. The Labute approximate surface area is 123 Å². The Kier molecular flexibility index (Phi) is 3.60. The zero-order valence-electron chi connectivity index (χ0n) is 11.8. The molecule has 21 heavy (non-hydrogen) atoms. The summed E-state index contributed by atoms with van der Waals surface area (Å²) in [7, 11) is 0.